The van der Waals surface area contributed by atoms with Crippen molar-refractivity contribution < 1.29 is 4.79 Å². The molecule has 0 saturated heterocycles. The summed E-state index contributed by atoms with van der Waals surface area (Å²) in [7, 11) is 0. The summed E-state index contributed by atoms with van der Waals surface area (Å²) in [5, 5.41) is 2.97. The number of nitrogens with one attached hydrogen (secondary N) is 1. The fourth-order valence-corrected chi connectivity index (χ4v) is 5.81. The lowest BCUT2D eigenvalue weighted by atomic mass is 9.37. The van der Waals surface area contributed by atoms with Crippen LogP contribution in [-0.2, 0) is 10.2 Å². The Morgan fingerprint density at radius 1 is 1.32 bits per heavy atom. The zero-order chi connectivity index (χ0) is 18.2. The molecule has 1 amide bonds. The van der Waals surface area contributed by atoms with Crippen molar-refractivity contribution in [2.24, 2.45) is 21.7 Å². The average Bonchev–Trinajstić information content (AvgIpc) is 2.91. The molecule has 4 unspecified atom stereocenters. The number of allylic oxidation sites excluding steroid dienone is 1. The largest absolute Gasteiger partial charge is 0.325 e. The van der Waals surface area contributed by atoms with Crippen LogP contribution in [-0.4, -0.2) is 18.0 Å². The zero-order valence-electron chi connectivity index (χ0n) is 14.9. The minimum atomic E-state index is -0.702. The zero-order valence-corrected chi connectivity index (χ0v) is 15.7. The third-order valence-corrected chi connectivity index (χ3v) is 7.58. The molecule has 0 bridgehead atoms. The van der Waals surface area contributed by atoms with Gasteiger partial charge < -0.3 is 5.32 Å². The highest BCUT2D eigenvalue weighted by molar-refractivity contribution is 6.22. The van der Waals surface area contributed by atoms with Crippen molar-refractivity contribution in [2.75, 3.05) is 5.32 Å². The molecular weight excluding hydrogens is 332 g/mol. The first kappa shape index (κ1) is 16.6. The van der Waals surface area contributed by atoms with Gasteiger partial charge in [0.1, 0.15) is 5.41 Å². The Morgan fingerprint density at radius 3 is 2.64 bits per heavy atom. The molecule has 130 valence electrons. The molecule has 1 saturated carbocycles. The predicted octanol–water partition coefficient (Wildman–Crippen LogP) is 4.69. The van der Waals surface area contributed by atoms with Crippen LogP contribution in [0, 0.1) is 16.7 Å². The predicted molar refractivity (Wildman–Crippen MR) is 103 cm³/mol. The number of aliphatic imine (C=N–C) groups is 1. The number of halogens is 1. The van der Waals surface area contributed by atoms with Crippen molar-refractivity contribution >= 4 is 29.9 Å². The lowest BCUT2D eigenvalue weighted by Gasteiger charge is -2.65. The van der Waals surface area contributed by atoms with Gasteiger partial charge in [-0.1, -0.05) is 38.1 Å². The molecule has 4 heteroatoms. The Bertz CT molecular complexity index is 855. The Morgan fingerprint density at radius 2 is 2.00 bits per heavy atom. The number of rotatable bonds is 2. The Labute approximate surface area is 153 Å². The lowest BCUT2D eigenvalue weighted by molar-refractivity contribution is -0.131. The van der Waals surface area contributed by atoms with Crippen molar-refractivity contribution in [1.82, 2.24) is 0 Å². The van der Waals surface area contributed by atoms with Crippen molar-refractivity contribution in [2.45, 2.75) is 38.0 Å². The van der Waals surface area contributed by atoms with Crippen molar-refractivity contribution in [1.29, 1.82) is 0 Å². The summed E-state index contributed by atoms with van der Waals surface area (Å²) in [6.45, 7) is 14.2. The van der Waals surface area contributed by atoms with Crippen LogP contribution in [0.1, 0.15) is 32.8 Å². The fourth-order valence-electron chi connectivity index (χ4n) is 5.44. The molecule has 1 spiro atoms. The Balaban J connectivity index is 2.08. The van der Waals surface area contributed by atoms with E-state index in [-0.39, 0.29) is 22.6 Å². The molecule has 2 aliphatic carbocycles. The van der Waals surface area contributed by atoms with Crippen LogP contribution in [0.5, 0.6) is 0 Å². The van der Waals surface area contributed by atoms with Crippen molar-refractivity contribution in [3.63, 3.8) is 0 Å². The van der Waals surface area contributed by atoms with E-state index in [1.807, 2.05) is 31.2 Å². The number of hydrogen-bond acceptors (Lipinski definition) is 2. The molecule has 1 N–H and O–H groups in total. The van der Waals surface area contributed by atoms with Gasteiger partial charge in [-0.05, 0) is 48.6 Å². The number of hydrogen-bond donors (Lipinski definition) is 1. The van der Waals surface area contributed by atoms with E-state index in [2.05, 4.69) is 43.5 Å². The van der Waals surface area contributed by atoms with E-state index in [4.69, 9.17) is 11.6 Å². The average molecular weight is 355 g/mol. The monoisotopic (exact) mass is 354 g/mol. The number of alkyl halides is 1. The summed E-state index contributed by atoms with van der Waals surface area (Å²) in [5.41, 5.74) is 2.40. The molecule has 4 atom stereocenters. The van der Waals surface area contributed by atoms with E-state index in [0.29, 0.717) is 0 Å². The van der Waals surface area contributed by atoms with Gasteiger partial charge in [0.25, 0.3) is 0 Å². The first-order valence-corrected chi connectivity index (χ1v) is 9.11. The molecule has 0 aromatic heterocycles. The van der Waals surface area contributed by atoms with Crippen LogP contribution in [0.3, 0.4) is 0 Å². The highest BCUT2D eigenvalue weighted by atomic mass is 35.5. The number of carbonyl (C=O) groups excluding carboxylic acids is 1. The Kier molecular flexibility index (Phi) is 3.22. The van der Waals surface area contributed by atoms with E-state index < -0.39 is 10.8 Å². The van der Waals surface area contributed by atoms with Crippen LogP contribution >= 0.6 is 11.6 Å². The van der Waals surface area contributed by atoms with E-state index in [9.17, 15) is 4.79 Å². The van der Waals surface area contributed by atoms with Gasteiger partial charge in [-0.15, -0.1) is 18.2 Å². The van der Waals surface area contributed by atoms with Crippen LogP contribution in [0.15, 0.2) is 53.2 Å². The second-order valence-corrected chi connectivity index (χ2v) is 8.66. The molecule has 1 heterocycles. The van der Waals surface area contributed by atoms with Crippen LogP contribution in [0.4, 0.5) is 5.69 Å². The quantitative estimate of drug-likeness (QED) is 0.467. The second kappa shape index (κ2) is 4.85. The topological polar surface area (TPSA) is 41.5 Å². The van der Waals surface area contributed by atoms with E-state index in [1.54, 1.807) is 0 Å². The molecule has 3 aliphatic rings. The van der Waals surface area contributed by atoms with E-state index in [0.717, 1.165) is 28.9 Å². The molecule has 1 fully saturated rings. The number of anilines is 1. The highest BCUT2D eigenvalue weighted by Crippen LogP contribution is 2.73. The maximum Gasteiger partial charge on any atom is 0.239 e. The van der Waals surface area contributed by atoms with Gasteiger partial charge in [-0.25, -0.2) is 0 Å². The number of amides is 1. The van der Waals surface area contributed by atoms with Crippen LogP contribution in [0.25, 0.3) is 0 Å². The number of para-hydroxylation sites is 1. The number of nitrogens with zero attached hydrogens (tertiary/aromatic N) is 1. The minimum absolute atomic E-state index is 0.0329. The number of carbonyl (C=O) groups is 1. The highest BCUT2D eigenvalue weighted by Gasteiger charge is 2.74. The van der Waals surface area contributed by atoms with Crippen LogP contribution in [0.2, 0.25) is 0 Å². The summed E-state index contributed by atoms with van der Waals surface area (Å²) in [6.07, 6.45) is 2.66. The molecule has 4 rings (SSSR count). The Hall–Kier alpha value is -1.87. The van der Waals surface area contributed by atoms with Gasteiger partial charge in [-0.3, -0.25) is 9.79 Å². The smallest absolute Gasteiger partial charge is 0.239 e. The fraction of sp³-hybridized carbons (Fsp3) is 0.429. The molecule has 1 aromatic rings. The van der Waals surface area contributed by atoms with Crippen molar-refractivity contribution in [3.05, 3.63) is 53.8 Å². The molecule has 1 aliphatic heterocycles. The van der Waals surface area contributed by atoms with Gasteiger partial charge in [0, 0.05) is 16.5 Å². The van der Waals surface area contributed by atoms with Gasteiger partial charge in [0.2, 0.25) is 5.91 Å². The summed E-state index contributed by atoms with van der Waals surface area (Å²) >= 11 is 6.76. The van der Waals surface area contributed by atoms with Gasteiger partial charge in [0.05, 0.1) is 5.70 Å². The molecule has 0 radical (unpaired) electrons. The summed E-state index contributed by atoms with van der Waals surface area (Å²) in [4.78, 5) is 17.7. The third-order valence-electron chi connectivity index (χ3n) is 6.95. The maximum atomic E-state index is 13.3. The summed E-state index contributed by atoms with van der Waals surface area (Å²) in [5.74, 6) is 0.242. The van der Waals surface area contributed by atoms with E-state index >= 15 is 0 Å². The first-order chi connectivity index (χ1) is 11.8. The van der Waals surface area contributed by atoms with Crippen LogP contribution < -0.4 is 5.32 Å². The van der Waals surface area contributed by atoms with E-state index in [1.165, 1.54) is 0 Å². The number of benzene rings is 1. The third kappa shape index (κ3) is 1.59. The standard InChI is InChI=1S/C21H23ClN2O/c1-6-20(4)15(22)11-13-16(17(20)23-5)21(19(13,2)3)12-9-7-8-10-14(12)24-18(21)25/h6-10,13,15H,1,5,11H2,2-4H3,(H,24,25). The van der Waals surface area contributed by atoms with Gasteiger partial charge in [0.15, 0.2) is 0 Å². The molecule has 3 nitrogen and oxygen atoms in total. The van der Waals surface area contributed by atoms with Gasteiger partial charge in [-0.2, -0.15) is 0 Å². The first-order valence-electron chi connectivity index (χ1n) is 8.67. The summed E-state index contributed by atoms with van der Waals surface area (Å²) in [6, 6.07) is 7.96. The molecule has 25 heavy (non-hydrogen) atoms. The second-order valence-electron chi connectivity index (χ2n) is 8.13. The molecule has 1 aromatic carbocycles. The maximum absolute atomic E-state index is 13.3. The van der Waals surface area contributed by atoms with Gasteiger partial charge >= 0.3 is 0 Å². The lowest BCUT2D eigenvalue weighted by Crippen LogP contribution is -2.67. The number of fused-ring (bicyclic) bond motifs is 4. The minimum Gasteiger partial charge on any atom is -0.325 e. The summed E-state index contributed by atoms with van der Waals surface area (Å²) < 4.78 is 0. The normalized spacial score (nSPS) is 37.8. The molecular formula is C21H23ClN2O. The SMILES string of the molecule is C=CC1(C)C(N=C)=C2C(CC1Cl)C(C)(C)C21C(=O)Nc2ccccc21. The van der Waals surface area contributed by atoms with Crippen molar-refractivity contribution in [3.8, 4) is 0 Å².